The highest BCUT2D eigenvalue weighted by Gasteiger charge is 2.39. The number of pyridine rings is 1. The lowest BCUT2D eigenvalue weighted by atomic mass is 9.88. The molecule has 0 amide bonds. The summed E-state index contributed by atoms with van der Waals surface area (Å²) in [6, 6.07) is 5.55. The van der Waals surface area contributed by atoms with Gasteiger partial charge in [0.2, 0.25) is 0 Å². The van der Waals surface area contributed by atoms with Gasteiger partial charge < -0.3 is 5.73 Å². The van der Waals surface area contributed by atoms with Crippen molar-refractivity contribution in [3.8, 4) is 0 Å². The Labute approximate surface area is 116 Å². The molecule has 2 heterocycles. The molecule has 104 valence electrons. The van der Waals surface area contributed by atoms with E-state index in [4.69, 9.17) is 5.73 Å². The number of hydrogen-bond acceptors (Lipinski definition) is 3. The van der Waals surface area contributed by atoms with E-state index in [0.29, 0.717) is 6.04 Å². The largest absolute Gasteiger partial charge is 0.326 e. The fraction of sp³-hybridized carbons (Fsp3) is 0.688. The molecule has 1 aliphatic carbocycles. The summed E-state index contributed by atoms with van der Waals surface area (Å²) in [5, 5.41) is 0. The van der Waals surface area contributed by atoms with Gasteiger partial charge in [-0.25, -0.2) is 0 Å². The standard InChI is InChI=1S/C16H25N3/c1-12(17)16(14-7-9-18-10-8-14)19-11-3-5-13-4-2-6-15(13)19/h7-10,12-13,15-16H,2-6,11,17H2,1H3. The molecule has 3 rings (SSSR count). The molecule has 1 saturated heterocycles. The molecule has 0 radical (unpaired) electrons. The first kappa shape index (κ1) is 13.1. The Bertz CT molecular complexity index is 404. The highest BCUT2D eigenvalue weighted by molar-refractivity contribution is 5.18. The third-order valence-corrected chi connectivity index (χ3v) is 4.94. The monoisotopic (exact) mass is 259 g/mol. The second kappa shape index (κ2) is 5.59. The van der Waals surface area contributed by atoms with Gasteiger partial charge in [-0.1, -0.05) is 6.42 Å². The Morgan fingerprint density at radius 2 is 1.95 bits per heavy atom. The van der Waals surface area contributed by atoms with Crippen molar-refractivity contribution in [2.24, 2.45) is 11.7 Å². The van der Waals surface area contributed by atoms with Crippen LogP contribution in [0.3, 0.4) is 0 Å². The molecule has 3 nitrogen and oxygen atoms in total. The number of likely N-dealkylation sites (tertiary alicyclic amines) is 1. The summed E-state index contributed by atoms with van der Waals surface area (Å²) in [6.07, 6.45) is 10.7. The Morgan fingerprint density at radius 3 is 2.68 bits per heavy atom. The van der Waals surface area contributed by atoms with E-state index in [0.717, 1.165) is 12.0 Å². The van der Waals surface area contributed by atoms with Crippen molar-refractivity contribution in [3.63, 3.8) is 0 Å². The summed E-state index contributed by atoms with van der Waals surface area (Å²) in [7, 11) is 0. The van der Waals surface area contributed by atoms with Crippen LogP contribution >= 0.6 is 0 Å². The molecule has 1 saturated carbocycles. The maximum atomic E-state index is 6.32. The Hall–Kier alpha value is -0.930. The van der Waals surface area contributed by atoms with Crippen LogP contribution in [0.4, 0.5) is 0 Å². The van der Waals surface area contributed by atoms with E-state index >= 15 is 0 Å². The summed E-state index contributed by atoms with van der Waals surface area (Å²) in [5.41, 5.74) is 7.65. The number of piperidine rings is 1. The lowest BCUT2D eigenvalue weighted by Gasteiger charge is -2.44. The molecule has 0 bridgehead atoms. The van der Waals surface area contributed by atoms with Crippen molar-refractivity contribution in [1.82, 2.24) is 9.88 Å². The van der Waals surface area contributed by atoms with E-state index in [9.17, 15) is 0 Å². The fourth-order valence-electron chi connectivity index (χ4n) is 4.20. The van der Waals surface area contributed by atoms with Gasteiger partial charge in [0.15, 0.2) is 0 Å². The second-order valence-electron chi connectivity index (χ2n) is 6.22. The summed E-state index contributed by atoms with van der Waals surface area (Å²) < 4.78 is 0. The van der Waals surface area contributed by atoms with Gasteiger partial charge in [0.05, 0.1) is 6.04 Å². The first-order chi connectivity index (χ1) is 9.27. The normalized spacial score (nSPS) is 30.8. The average molecular weight is 259 g/mol. The van der Waals surface area contributed by atoms with E-state index < -0.39 is 0 Å². The van der Waals surface area contributed by atoms with E-state index in [1.54, 1.807) is 0 Å². The predicted octanol–water partition coefficient (Wildman–Crippen LogP) is 2.73. The van der Waals surface area contributed by atoms with Crippen LogP contribution in [0.25, 0.3) is 0 Å². The molecule has 1 aromatic heterocycles. The predicted molar refractivity (Wildman–Crippen MR) is 77.7 cm³/mol. The molecule has 0 aromatic carbocycles. The number of nitrogens with two attached hydrogens (primary N) is 1. The molecule has 4 unspecified atom stereocenters. The van der Waals surface area contributed by atoms with Crippen LogP contribution in [0.5, 0.6) is 0 Å². The summed E-state index contributed by atoms with van der Waals surface area (Å²) in [5.74, 6) is 0.914. The van der Waals surface area contributed by atoms with Gasteiger partial charge in [-0.05, 0) is 62.8 Å². The molecule has 2 aliphatic rings. The van der Waals surface area contributed by atoms with E-state index in [-0.39, 0.29) is 6.04 Å². The van der Waals surface area contributed by atoms with Crippen LogP contribution in [0.2, 0.25) is 0 Å². The zero-order valence-electron chi connectivity index (χ0n) is 11.8. The number of aromatic nitrogens is 1. The zero-order chi connectivity index (χ0) is 13.2. The number of rotatable bonds is 3. The zero-order valence-corrected chi connectivity index (χ0v) is 11.8. The molecule has 19 heavy (non-hydrogen) atoms. The molecule has 1 aromatic rings. The first-order valence-corrected chi connectivity index (χ1v) is 7.68. The van der Waals surface area contributed by atoms with E-state index in [1.165, 1.54) is 44.2 Å². The second-order valence-corrected chi connectivity index (χ2v) is 6.22. The van der Waals surface area contributed by atoms with Crippen LogP contribution < -0.4 is 5.73 Å². The van der Waals surface area contributed by atoms with E-state index in [2.05, 4.69) is 28.9 Å². The van der Waals surface area contributed by atoms with Gasteiger partial charge in [-0.3, -0.25) is 9.88 Å². The highest BCUT2D eigenvalue weighted by Crippen LogP contribution is 2.41. The maximum Gasteiger partial charge on any atom is 0.0500 e. The van der Waals surface area contributed by atoms with Gasteiger partial charge in [0, 0.05) is 24.5 Å². The van der Waals surface area contributed by atoms with Gasteiger partial charge >= 0.3 is 0 Å². The minimum Gasteiger partial charge on any atom is -0.326 e. The van der Waals surface area contributed by atoms with Gasteiger partial charge in [0.25, 0.3) is 0 Å². The van der Waals surface area contributed by atoms with Crippen LogP contribution in [0.15, 0.2) is 24.5 Å². The Balaban J connectivity index is 1.87. The van der Waals surface area contributed by atoms with Crippen LogP contribution in [-0.2, 0) is 0 Å². The number of fused-ring (bicyclic) bond motifs is 1. The summed E-state index contributed by atoms with van der Waals surface area (Å²) in [4.78, 5) is 6.83. The SMILES string of the molecule is CC(N)C(c1ccncc1)N1CCCC2CCCC21. The molecular formula is C16H25N3. The fourth-order valence-corrected chi connectivity index (χ4v) is 4.20. The molecule has 2 fully saturated rings. The van der Waals surface area contributed by atoms with E-state index in [1.807, 2.05) is 12.4 Å². The van der Waals surface area contributed by atoms with Gasteiger partial charge in [0.1, 0.15) is 0 Å². The molecule has 0 spiro atoms. The molecule has 2 N–H and O–H groups in total. The smallest absolute Gasteiger partial charge is 0.0500 e. The van der Waals surface area contributed by atoms with Crippen molar-refractivity contribution in [2.75, 3.05) is 6.54 Å². The van der Waals surface area contributed by atoms with Crippen molar-refractivity contribution in [2.45, 2.75) is 57.2 Å². The average Bonchev–Trinajstić information content (AvgIpc) is 2.89. The quantitative estimate of drug-likeness (QED) is 0.907. The Morgan fingerprint density at radius 1 is 1.21 bits per heavy atom. The third kappa shape index (κ3) is 2.54. The minimum absolute atomic E-state index is 0.168. The number of nitrogens with zero attached hydrogens (tertiary/aromatic N) is 2. The van der Waals surface area contributed by atoms with Crippen molar-refractivity contribution in [3.05, 3.63) is 30.1 Å². The van der Waals surface area contributed by atoms with Crippen LogP contribution in [-0.4, -0.2) is 28.5 Å². The lowest BCUT2D eigenvalue weighted by Crippen LogP contribution is -2.49. The lowest BCUT2D eigenvalue weighted by molar-refractivity contribution is 0.0571. The molecule has 1 aliphatic heterocycles. The van der Waals surface area contributed by atoms with Crippen molar-refractivity contribution in [1.29, 1.82) is 0 Å². The third-order valence-electron chi connectivity index (χ3n) is 4.94. The van der Waals surface area contributed by atoms with Gasteiger partial charge in [-0.15, -0.1) is 0 Å². The summed E-state index contributed by atoms with van der Waals surface area (Å²) in [6.45, 7) is 3.35. The van der Waals surface area contributed by atoms with Crippen LogP contribution in [0, 0.1) is 5.92 Å². The minimum atomic E-state index is 0.168. The molecule has 4 atom stereocenters. The first-order valence-electron chi connectivity index (χ1n) is 7.68. The van der Waals surface area contributed by atoms with Gasteiger partial charge in [-0.2, -0.15) is 0 Å². The van der Waals surface area contributed by atoms with Crippen LogP contribution in [0.1, 0.15) is 50.6 Å². The molecule has 3 heteroatoms. The number of hydrogen-bond donors (Lipinski definition) is 1. The molecular weight excluding hydrogens is 234 g/mol. The van der Waals surface area contributed by atoms with Crippen molar-refractivity contribution < 1.29 is 0 Å². The Kier molecular flexibility index (Phi) is 3.85. The maximum absolute atomic E-state index is 6.32. The highest BCUT2D eigenvalue weighted by atomic mass is 15.2. The summed E-state index contributed by atoms with van der Waals surface area (Å²) >= 11 is 0. The van der Waals surface area contributed by atoms with Crippen molar-refractivity contribution >= 4 is 0 Å². The topological polar surface area (TPSA) is 42.1 Å².